The Hall–Kier alpha value is 0.290. The van der Waals surface area contributed by atoms with Gasteiger partial charge in [0.05, 0.1) is 5.25 Å². The molecule has 2 nitrogen and oxygen atoms in total. The molecule has 2 unspecified atom stereocenters. The molecule has 1 saturated heterocycles. The Bertz CT molecular complexity index is 313. The molecule has 1 fully saturated rings. The van der Waals surface area contributed by atoms with Crippen LogP contribution in [0.25, 0.3) is 0 Å². The third kappa shape index (κ3) is 2.90. The Morgan fingerprint density at radius 2 is 2.27 bits per heavy atom. The second-order valence-corrected chi connectivity index (χ2v) is 7.44. The molecule has 1 aliphatic heterocycles. The van der Waals surface area contributed by atoms with Crippen LogP contribution in [0.5, 0.6) is 0 Å². The van der Waals surface area contributed by atoms with Crippen LogP contribution in [0.3, 0.4) is 0 Å². The van der Waals surface area contributed by atoms with Gasteiger partial charge in [-0.25, -0.2) is 4.98 Å². The number of nitrogens with one attached hydrogen (secondary N) is 1. The molecule has 15 heavy (non-hydrogen) atoms. The van der Waals surface area contributed by atoms with Crippen molar-refractivity contribution in [3.63, 3.8) is 0 Å². The molecular weight excluding hydrogens is 244 g/mol. The van der Waals surface area contributed by atoms with Crippen molar-refractivity contribution in [2.24, 2.45) is 0 Å². The van der Waals surface area contributed by atoms with E-state index in [1.54, 1.807) is 0 Å². The molecule has 0 aromatic carbocycles. The third-order valence-electron chi connectivity index (χ3n) is 2.35. The van der Waals surface area contributed by atoms with E-state index in [0.717, 1.165) is 6.54 Å². The van der Waals surface area contributed by atoms with Gasteiger partial charge < -0.3 is 5.32 Å². The van der Waals surface area contributed by atoms with Crippen LogP contribution in [0.1, 0.15) is 22.1 Å². The maximum Gasteiger partial charge on any atom is 0.107 e. The van der Waals surface area contributed by atoms with Gasteiger partial charge in [0.15, 0.2) is 0 Å². The van der Waals surface area contributed by atoms with Crippen molar-refractivity contribution in [2.45, 2.75) is 24.0 Å². The Balaban J connectivity index is 2.06. The Morgan fingerprint density at radius 3 is 3.00 bits per heavy atom. The summed E-state index contributed by atoms with van der Waals surface area (Å²) in [6.07, 6.45) is 2.02. The van der Waals surface area contributed by atoms with Crippen LogP contribution in [0.15, 0.2) is 6.20 Å². The van der Waals surface area contributed by atoms with E-state index in [-0.39, 0.29) is 0 Å². The molecule has 2 heterocycles. The normalized spacial score (nSPS) is 26.8. The zero-order chi connectivity index (χ0) is 10.7. The fourth-order valence-corrected chi connectivity index (χ4v) is 5.71. The van der Waals surface area contributed by atoms with Crippen molar-refractivity contribution < 1.29 is 0 Å². The van der Waals surface area contributed by atoms with E-state index >= 15 is 0 Å². The predicted octanol–water partition coefficient (Wildman–Crippen LogP) is 2.77. The molecule has 0 saturated carbocycles. The first kappa shape index (κ1) is 11.8. The van der Waals surface area contributed by atoms with Crippen LogP contribution in [-0.4, -0.2) is 28.8 Å². The second-order valence-electron chi connectivity index (χ2n) is 3.56. The lowest BCUT2D eigenvalue weighted by Gasteiger charge is -2.25. The van der Waals surface area contributed by atoms with Gasteiger partial charge >= 0.3 is 0 Å². The highest BCUT2D eigenvalue weighted by molar-refractivity contribution is 8.06. The van der Waals surface area contributed by atoms with Gasteiger partial charge in [-0.05, 0) is 7.05 Å². The van der Waals surface area contributed by atoms with E-state index in [9.17, 15) is 0 Å². The topological polar surface area (TPSA) is 24.9 Å². The lowest BCUT2D eigenvalue weighted by molar-refractivity contribution is 0.829. The highest BCUT2D eigenvalue weighted by Gasteiger charge is 2.26. The predicted molar refractivity (Wildman–Crippen MR) is 72.0 cm³/mol. The van der Waals surface area contributed by atoms with E-state index in [1.807, 2.05) is 24.6 Å². The lowest BCUT2D eigenvalue weighted by atomic mass is 10.3. The smallest absolute Gasteiger partial charge is 0.107 e. The fraction of sp³-hybridized carbons (Fsp3) is 0.700. The molecule has 0 spiro atoms. The summed E-state index contributed by atoms with van der Waals surface area (Å²) in [7, 11) is 1.98. The summed E-state index contributed by atoms with van der Waals surface area (Å²) < 4.78 is 0. The molecule has 1 aromatic heterocycles. The van der Waals surface area contributed by atoms with Gasteiger partial charge in [-0.1, -0.05) is 6.92 Å². The molecule has 2 rings (SSSR count). The van der Waals surface area contributed by atoms with Gasteiger partial charge in [-0.15, -0.1) is 23.1 Å². The third-order valence-corrected chi connectivity index (χ3v) is 6.68. The number of thiazole rings is 1. The lowest BCUT2D eigenvalue weighted by Crippen LogP contribution is -2.15. The summed E-state index contributed by atoms with van der Waals surface area (Å²) in [5, 5.41) is 5.80. The van der Waals surface area contributed by atoms with Crippen molar-refractivity contribution in [1.82, 2.24) is 10.3 Å². The summed E-state index contributed by atoms with van der Waals surface area (Å²) in [5.74, 6) is 2.55. The second kappa shape index (κ2) is 5.57. The molecule has 1 aromatic rings. The Labute approximate surface area is 104 Å². The van der Waals surface area contributed by atoms with Gasteiger partial charge in [0.25, 0.3) is 0 Å². The van der Waals surface area contributed by atoms with E-state index in [4.69, 9.17) is 0 Å². The fourth-order valence-electron chi connectivity index (χ4n) is 1.61. The molecular formula is C10H16N2S3. The first-order valence-electron chi connectivity index (χ1n) is 5.13. The minimum atomic E-state index is 0.611. The van der Waals surface area contributed by atoms with Gasteiger partial charge in [0.1, 0.15) is 5.01 Å². The monoisotopic (exact) mass is 260 g/mol. The molecule has 2 atom stereocenters. The minimum absolute atomic E-state index is 0.611. The van der Waals surface area contributed by atoms with Crippen LogP contribution in [-0.2, 0) is 6.54 Å². The zero-order valence-corrected chi connectivity index (χ0v) is 11.5. The van der Waals surface area contributed by atoms with E-state index < -0.39 is 0 Å². The molecule has 0 aliphatic carbocycles. The average Bonchev–Trinajstić information content (AvgIpc) is 2.68. The molecule has 1 aliphatic rings. The summed E-state index contributed by atoms with van der Waals surface area (Å²) in [5.41, 5.74) is 0. The summed E-state index contributed by atoms with van der Waals surface area (Å²) >= 11 is 6.00. The molecule has 0 radical (unpaired) electrons. The van der Waals surface area contributed by atoms with E-state index in [0.29, 0.717) is 10.5 Å². The highest BCUT2D eigenvalue weighted by Crippen LogP contribution is 2.43. The number of aromatic nitrogens is 1. The SMILES string of the molecule is CNCc1cnc(C2SCCSC2C)s1. The first-order chi connectivity index (χ1) is 7.31. The number of thioether (sulfide) groups is 2. The molecule has 5 heteroatoms. The zero-order valence-electron chi connectivity index (χ0n) is 9.03. The number of hydrogen-bond acceptors (Lipinski definition) is 5. The van der Waals surface area contributed by atoms with Crippen LogP contribution in [0.4, 0.5) is 0 Å². The summed E-state index contributed by atoms with van der Waals surface area (Å²) in [6.45, 7) is 3.26. The average molecular weight is 260 g/mol. The van der Waals surface area contributed by atoms with Gasteiger partial charge in [0, 0.05) is 34.4 Å². The van der Waals surface area contributed by atoms with Crippen LogP contribution in [0.2, 0.25) is 0 Å². The molecule has 84 valence electrons. The van der Waals surface area contributed by atoms with Crippen LogP contribution >= 0.6 is 34.9 Å². The summed E-state index contributed by atoms with van der Waals surface area (Å²) in [6, 6.07) is 0. The van der Waals surface area contributed by atoms with Crippen LogP contribution < -0.4 is 5.32 Å². The van der Waals surface area contributed by atoms with Gasteiger partial charge in [0.2, 0.25) is 0 Å². The minimum Gasteiger partial charge on any atom is -0.315 e. The van der Waals surface area contributed by atoms with Gasteiger partial charge in [-0.2, -0.15) is 11.8 Å². The maximum absolute atomic E-state index is 4.55. The van der Waals surface area contributed by atoms with Crippen molar-refractivity contribution in [1.29, 1.82) is 0 Å². The molecule has 1 N–H and O–H groups in total. The van der Waals surface area contributed by atoms with Crippen molar-refractivity contribution in [3.05, 3.63) is 16.1 Å². The van der Waals surface area contributed by atoms with Crippen molar-refractivity contribution in [2.75, 3.05) is 18.6 Å². The number of hydrogen-bond donors (Lipinski definition) is 1. The first-order valence-corrected chi connectivity index (χ1v) is 8.05. The standard InChI is InChI=1S/C10H16N2S3/c1-7-9(14-4-3-13-7)10-12-6-8(15-10)5-11-2/h6-7,9,11H,3-5H2,1-2H3. The quantitative estimate of drug-likeness (QED) is 0.903. The Kier molecular flexibility index (Phi) is 4.37. The number of rotatable bonds is 3. The van der Waals surface area contributed by atoms with E-state index in [1.165, 1.54) is 21.4 Å². The number of nitrogens with zero attached hydrogens (tertiary/aromatic N) is 1. The Morgan fingerprint density at radius 1 is 1.47 bits per heavy atom. The molecule has 0 bridgehead atoms. The van der Waals surface area contributed by atoms with Crippen LogP contribution in [0, 0.1) is 0 Å². The largest absolute Gasteiger partial charge is 0.315 e. The summed E-state index contributed by atoms with van der Waals surface area (Å²) in [4.78, 5) is 5.90. The van der Waals surface area contributed by atoms with E-state index in [2.05, 4.69) is 40.7 Å². The van der Waals surface area contributed by atoms with Crippen molar-refractivity contribution in [3.8, 4) is 0 Å². The van der Waals surface area contributed by atoms with Gasteiger partial charge in [-0.3, -0.25) is 0 Å². The molecule has 0 amide bonds. The highest BCUT2D eigenvalue weighted by atomic mass is 32.2. The maximum atomic E-state index is 4.55. The van der Waals surface area contributed by atoms with Crippen molar-refractivity contribution >= 4 is 34.9 Å².